The average Bonchev–Trinajstić information content (AvgIpc) is 2.75. The number of thioether (sulfide) groups is 1. The van der Waals surface area contributed by atoms with E-state index in [1.807, 2.05) is 53.4 Å². The Kier molecular flexibility index (Phi) is 6.00. The summed E-state index contributed by atoms with van der Waals surface area (Å²) in [5, 5.41) is 1.19. The number of hydrogen-bond acceptors (Lipinski definition) is 4. The predicted octanol–water partition coefficient (Wildman–Crippen LogP) is 3.94. The third-order valence-corrected chi connectivity index (χ3v) is 6.42. The number of rotatable bonds is 5. The fourth-order valence-electron chi connectivity index (χ4n) is 3.84. The van der Waals surface area contributed by atoms with Crippen molar-refractivity contribution in [1.82, 2.24) is 14.5 Å². The van der Waals surface area contributed by atoms with Crippen LogP contribution in [0.1, 0.15) is 31.7 Å². The van der Waals surface area contributed by atoms with Crippen LogP contribution in [-0.2, 0) is 11.3 Å². The number of aromatic nitrogens is 2. The molecule has 0 unspecified atom stereocenters. The summed E-state index contributed by atoms with van der Waals surface area (Å²) in [6.07, 6.45) is 3.30. The molecule has 29 heavy (non-hydrogen) atoms. The molecule has 0 N–H and O–H groups in total. The van der Waals surface area contributed by atoms with Crippen molar-refractivity contribution in [2.24, 2.45) is 0 Å². The first-order valence-electron chi connectivity index (χ1n) is 10.1. The van der Waals surface area contributed by atoms with Gasteiger partial charge in [-0.25, -0.2) is 4.98 Å². The van der Waals surface area contributed by atoms with Crippen LogP contribution in [0.3, 0.4) is 0 Å². The maximum atomic E-state index is 13.2. The monoisotopic (exact) mass is 407 g/mol. The van der Waals surface area contributed by atoms with Crippen LogP contribution in [0.4, 0.5) is 0 Å². The molecular weight excluding hydrogens is 382 g/mol. The Morgan fingerprint density at radius 1 is 1.10 bits per heavy atom. The van der Waals surface area contributed by atoms with Gasteiger partial charge in [-0.15, -0.1) is 0 Å². The fraction of sp³-hybridized carbons (Fsp3) is 0.348. The van der Waals surface area contributed by atoms with E-state index in [0.717, 1.165) is 24.9 Å². The standard InChI is InChI=1S/C23H25N3O2S/c1-17-9-7-8-14-25(17)21(27)16-29-23-24-20-13-6-5-12-19(20)22(28)26(23)15-18-10-3-2-4-11-18/h2-6,10-13,17H,7-9,14-16H2,1H3/t17-/m1/s1. The first-order chi connectivity index (χ1) is 14.1. The van der Waals surface area contributed by atoms with E-state index < -0.39 is 0 Å². The van der Waals surface area contributed by atoms with E-state index >= 15 is 0 Å². The minimum Gasteiger partial charge on any atom is -0.339 e. The highest BCUT2D eigenvalue weighted by molar-refractivity contribution is 7.99. The van der Waals surface area contributed by atoms with Crippen molar-refractivity contribution in [3.63, 3.8) is 0 Å². The van der Waals surface area contributed by atoms with Crippen LogP contribution >= 0.6 is 11.8 Å². The molecule has 0 radical (unpaired) electrons. The molecule has 1 aliphatic heterocycles. The van der Waals surface area contributed by atoms with Gasteiger partial charge in [0.15, 0.2) is 5.16 Å². The molecule has 0 spiro atoms. The zero-order valence-electron chi connectivity index (χ0n) is 16.6. The second kappa shape index (κ2) is 8.82. The fourth-order valence-corrected chi connectivity index (χ4v) is 4.73. The molecule has 4 rings (SSSR count). The number of para-hydroxylation sites is 1. The lowest BCUT2D eigenvalue weighted by atomic mass is 10.0. The van der Waals surface area contributed by atoms with Crippen LogP contribution in [0, 0.1) is 0 Å². The number of carbonyl (C=O) groups is 1. The summed E-state index contributed by atoms with van der Waals surface area (Å²) < 4.78 is 1.69. The van der Waals surface area contributed by atoms with Crippen molar-refractivity contribution < 1.29 is 4.79 Å². The Morgan fingerprint density at radius 3 is 2.66 bits per heavy atom. The van der Waals surface area contributed by atoms with Gasteiger partial charge < -0.3 is 4.90 Å². The third-order valence-electron chi connectivity index (χ3n) is 5.46. The molecule has 2 aromatic carbocycles. The van der Waals surface area contributed by atoms with Crippen molar-refractivity contribution >= 4 is 28.6 Å². The molecule has 3 aromatic rings. The van der Waals surface area contributed by atoms with Crippen LogP contribution in [0.25, 0.3) is 10.9 Å². The Morgan fingerprint density at radius 2 is 1.86 bits per heavy atom. The van der Waals surface area contributed by atoms with E-state index in [4.69, 9.17) is 4.98 Å². The van der Waals surface area contributed by atoms with Crippen molar-refractivity contribution in [3.05, 3.63) is 70.5 Å². The predicted molar refractivity (Wildman–Crippen MR) is 117 cm³/mol. The number of amides is 1. The maximum Gasteiger partial charge on any atom is 0.262 e. The molecule has 0 saturated carbocycles. The molecule has 1 saturated heterocycles. The Balaban J connectivity index is 1.64. The first-order valence-corrected chi connectivity index (χ1v) is 11.1. The van der Waals surface area contributed by atoms with Crippen molar-refractivity contribution in [2.75, 3.05) is 12.3 Å². The number of fused-ring (bicyclic) bond motifs is 1. The van der Waals surface area contributed by atoms with Crippen LogP contribution in [-0.4, -0.2) is 38.7 Å². The Hall–Kier alpha value is -2.60. The van der Waals surface area contributed by atoms with Crippen molar-refractivity contribution in [1.29, 1.82) is 0 Å². The summed E-state index contributed by atoms with van der Waals surface area (Å²) in [7, 11) is 0. The van der Waals surface area contributed by atoms with E-state index in [2.05, 4.69) is 6.92 Å². The Bertz CT molecular complexity index is 1060. The molecule has 1 aromatic heterocycles. The number of benzene rings is 2. The summed E-state index contributed by atoms with van der Waals surface area (Å²) in [6, 6.07) is 17.5. The lowest BCUT2D eigenvalue weighted by Gasteiger charge is -2.33. The summed E-state index contributed by atoms with van der Waals surface area (Å²) in [5.74, 6) is 0.417. The zero-order valence-corrected chi connectivity index (χ0v) is 17.4. The highest BCUT2D eigenvalue weighted by atomic mass is 32.2. The van der Waals surface area contributed by atoms with Gasteiger partial charge in [-0.3, -0.25) is 14.2 Å². The van der Waals surface area contributed by atoms with Gasteiger partial charge in [0, 0.05) is 12.6 Å². The number of nitrogens with zero attached hydrogens (tertiary/aromatic N) is 3. The smallest absolute Gasteiger partial charge is 0.262 e. The second-order valence-corrected chi connectivity index (χ2v) is 8.45. The second-order valence-electron chi connectivity index (χ2n) is 7.51. The molecule has 1 aliphatic rings. The third kappa shape index (κ3) is 4.37. The van der Waals surface area contributed by atoms with Crippen LogP contribution in [0.5, 0.6) is 0 Å². The number of piperidine rings is 1. The van der Waals surface area contributed by atoms with Crippen molar-refractivity contribution in [2.45, 2.75) is 43.9 Å². The van der Waals surface area contributed by atoms with E-state index in [9.17, 15) is 9.59 Å². The highest BCUT2D eigenvalue weighted by Crippen LogP contribution is 2.22. The Labute approximate surface area is 174 Å². The molecule has 0 aliphatic carbocycles. The van der Waals surface area contributed by atoms with Crippen LogP contribution < -0.4 is 5.56 Å². The molecule has 6 heteroatoms. The highest BCUT2D eigenvalue weighted by Gasteiger charge is 2.23. The quantitative estimate of drug-likeness (QED) is 0.475. The average molecular weight is 408 g/mol. The number of hydrogen-bond donors (Lipinski definition) is 0. The van der Waals surface area contributed by atoms with E-state index in [-0.39, 0.29) is 17.5 Å². The van der Waals surface area contributed by atoms with Gasteiger partial charge in [0.1, 0.15) is 0 Å². The summed E-state index contributed by atoms with van der Waals surface area (Å²) >= 11 is 1.36. The normalized spacial score (nSPS) is 16.9. The van der Waals surface area contributed by atoms with E-state index in [1.54, 1.807) is 10.6 Å². The minimum absolute atomic E-state index is 0.0688. The lowest BCUT2D eigenvalue weighted by molar-refractivity contribution is -0.131. The van der Waals surface area contributed by atoms with Crippen LogP contribution in [0.15, 0.2) is 64.5 Å². The van der Waals surface area contributed by atoms with Gasteiger partial charge in [-0.05, 0) is 43.9 Å². The zero-order chi connectivity index (χ0) is 20.2. The van der Waals surface area contributed by atoms with E-state index in [0.29, 0.717) is 28.4 Å². The molecule has 1 atom stereocenters. The lowest BCUT2D eigenvalue weighted by Crippen LogP contribution is -2.43. The van der Waals surface area contributed by atoms with Crippen LogP contribution in [0.2, 0.25) is 0 Å². The van der Waals surface area contributed by atoms with Gasteiger partial charge in [0.05, 0.1) is 23.2 Å². The molecule has 1 fully saturated rings. The van der Waals surface area contributed by atoms with Gasteiger partial charge in [0.25, 0.3) is 5.56 Å². The van der Waals surface area contributed by atoms with Crippen molar-refractivity contribution in [3.8, 4) is 0 Å². The largest absolute Gasteiger partial charge is 0.339 e. The summed E-state index contributed by atoms with van der Waals surface area (Å²) in [4.78, 5) is 32.6. The van der Waals surface area contributed by atoms with Gasteiger partial charge in [0.2, 0.25) is 5.91 Å². The molecule has 5 nitrogen and oxygen atoms in total. The van der Waals surface area contributed by atoms with Gasteiger partial charge in [-0.2, -0.15) is 0 Å². The minimum atomic E-state index is -0.0688. The number of carbonyl (C=O) groups excluding carboxylic acids is 1. The van der Waals surface area contributed by atoms with E-state index in [1.165, 1.54) is 18.2 Å². The summed E-state index contributed by atoms with van der Waals surface area (Å²) in [6.45, 7) is 3.37. The van der Waals surface area contributed by atoms with Gasteiger partial charge >= 0.3 is 0 Å². The summed E-state index contributed by atoms with van der Waals surface area (Å²) in [5.41, 5.74) is 1.63. The molecule has 2 heterocycles. The molecule has 0 bridgehead atoms. The topological polar surface area (TPSA) is 55.2 Å². The number of likely N-dealkylation sites (tertiary alicyclic amines) is 1. The molecule has 1 amide bonds. The molecular formula is C23H25N3O2S. The first kappa shape index (κ1) is 19.7. The SMILES string of the molecule is C[C@@H]1CCCCN1C(=O)CSc1nc2ccccc2c(=O)n1Cc1ccccc1. The maximum absolute atomic E-state index is 13.2. The molecule has 150 valence electrons. The van der Waals surface area contributed by atoms with Gasteiger partial charge in [-0.1, -0.05) is 54.2 Å².